The van der Waals surface area contributed by atoms with Crippen molar-refractivity contribution in [1.29, 1.82) is 0 Å². The largest absolute Gasteiger partial charge is 0.387 e. The fraction of sp³-hybridized carbons (Fsp3) is 0.417. The first-order valence-electron chi connectivity index (χ1n) is 5.50. The molecule has 0 spiro atoms. The quantitative estimate of drug-likeness (QED) is 0.909. The Morgan fingerprint density at radius 3 is 3.12 bits per heavy atom. The lowest BCUT2D eigenvalue weighted by atomic mass is 10.1. The molecule has 0 fully saturated rings. The standard InChI is InChI=1S/C12H13NOS2/c14-10(5-9-6-13-7-15-9)12-4-8-2-1-3-11(8)16-12/h4,6-7,10,14H,1-3,5H2. The Hall–Kier alpha value is -0.710. The van der Waals surface area contributed by atoms with Crippen LogP contribution in [0, 0.1) is 0 Å². The summed E-state index contributed by atoms with van der Waals surface area (Å²) in [6.45, 7) is 0. The third kappa shape index (κ3) is 1.93. The van der Waals surface area contributed by atoms with E-state index < -0.39 is 0 Å². The molecule has 0 bridgehead atoms. The van der Waals surface area contributed by atoms with Crippen molar-refractivity contribution in [1.82, 2.24) is 4.98 Å². The zero-order valence-corrected chi connectivity index (χ0v) is 10.5. The third-order valence-corrected chi connectivity index (χ3v) is 5.11. The van der Waals surface area contributed by atoms with Gasteiger partial charge in [-0.15, -0.1) is 22.7 Å². The fourth-order valence-corrected chi connectivity index (χ4v) is 4.03. The fourth-order valence-electron chi connectivity index (χ4n) is 2.15. The van der Waals surface area contributed by atoms with Crippen molar-refractivity contribution in [2.45, 2.75) is 31.8 Å². The lowest BCUT2D eigenvalue weighted by molar-refractivity contribution is 0.183. The molecule has 2 heterocycles. The van der Waals surface area contributed by atoms with Crippen LogP contribution in [-0.4, -0.2) is 10.1 Å². The van der Waals surface area contributed by atoms with Gasteiger partial charge in [-0.2, -0.15) is 0 Å². The van der Waals surface area contributed by atoms with Crippen molar-refractivity contribution in [3.8, 4) is 0 Å². The molecule has 0 saturated carbocycles. The zero-order valence-electron chi connectivity index (χ0n) is 8.85. The van der Waals surface area contributed by atoms with Gasteiger partial charge in [0.25, 0.3) is 0 Å². The molecular weight excluding hydrogens is 238 g/mol. The Kier molecular flexibility index (Phi) is 2.79. The second kappa shape index (κ2) is 4.28. The molecule has 84 valence electrons. The Balaban J connectivity index is 1.76. The van der Waals surface area contributed by atoms with Gasteiger partial charge < -0.3 is 5.11 Å². The predicted octanol–water partition coefficient (Wildman–Crippen LogP) is 2.97. The van der Waals surface area contributed by atoms with E-state index in [4.69, 9.17) is 0 Å². The number of aliphatic hydroxyl groups excluding tert-OH is 1. The molecule has 1 unspecified atom stereocenters. The highest BCUT2D eigenvalue weighted by Gasteiger charge is 2.19. The molecule has 1 N–H and O–H groups in total. The van der Waals surface area contributed by atoms with Crippen LogP contribution in [0.15, 0.2) is 17.8 Å². The normalized spacial score (nSPS) is 16.3. The summed E-state index contributed by atoms with van der Waals surface area (Å²) in [6, 6.07) is 2.19. The minimum absolute atomic E-state index is 0.351. The van der Waals surface area contributed by atoms with Crippen LogP contribution >= 0.6 is 22.7 Å². The predicted molar refractivity (Wildman–Crippen MR) is 67.1 cm³/mol. The van der Waals surface area contributed by atoms with E-state index in [9.17, 15) is 5.11 Å². The summed E-state index contributed by atoms with van der Waals surface area (Å²) in [4.78, 5) is 7.79. The maximum atomic E-state index is 10.1. The number of hydrogen-bond donors (Lipinski definition) is 1. The van der Waals surface area contributed by atoms with E-state index in [2.05, 4.69) is 11.1 Å². The minimum Gasteiger partial charge on any atom is -0.387 e. The van der Waals surface area contributed by atoms with Crippen LogP contribution in [0.3, 0.4) is 0 Å². The number of fused-ring (bicyclic) bond motifs is 1. The Labute approximate surface area is 103 Å². The van der Waals surface area contributed by atoms with Gasteiger partial charge in [0.15, 0.2) is 0 Å². The molecular formula is C12H13NOS2. The zero-order chi connectivity index (χ0) is 11.0. The van der Waals surface area contributed by atoms with Gasteiger partial charge in [0.1, 0.15) is 0 Å². The summed E-state index contributed by atoms with van der Waals surface area (Å²) in [5.41, 5.74) is 3.28. The van der Waals surface area contributed by atoms with Crippen molar-refractivity contribution < 1.29 is 5.11 Å². The Bertz CT molecular complexity index is 454. The monoisotopic (exact) mass is 251 g/mol. The third-order valence-electron chi connectivity index (χ3n) is 2.97. The van der Waals surface area contributed by atoms with Gasteiger partial charge in [-0.25, -0.2) is 0 Å². The average Bonchev–Trinajstić information content (AvgIpc) is 2.91. The van der Waals surface area contributed by atoms with Crippen molar-refractivity contribution >= 4 is 22.7 Å². The van der Waals surface area contributed by atoms with Gasteiger partial charge in [0, 0.05) is 27.2 Å². The van der Waals surface area contributed by atoms with Gasteiger partial charge in [-0.1, -0.05) is 0 Å². The number of rotatable bonds is 3. The van der Waals surface area contributed by atoms with E-state index in [1.165, 1.54) is 29.7 Å². The highest BCUT2D eigenvalue weighted by molar-refractivity contribution is 7.12. The number of thiophene rings is 1. The molecule has 1 aliphatic carbocycles. The molecule has 0 amide bonds. The number of hydrogen-bond acceptors (Lipinski definition) is 4. The van der Waals surface area contributed by atoms with Gasteiger partial charge in [-0.3, -0.25) is 4.98 Å². The molecule has 0 radical (unpaired) electrons. The Morgan fingerprint density at radius 1 is 1.44 bits per heavy atom. The molecule has 0 aromatic carbocycles. The first-order valence-corrected chi connectivity index (χ1v) is 7.19. The molecule has 0 saturated heterocycles. The topological polar surface area (TPSA) is 33.1 Å². The molecule has 1 aliphatic rings. The van der Waals surface area contributed by atoms with Crippen molar-refractivity contribution in [3.63, 3.8) is 0 Å². The molecule has 2 aromatic rings. The second-order valence-electron chi connectivity index (χ2n) is 4.14. The molecule has 1 atom stereocenters. The van der Waals surface area contributed by atoms with E-state index in [-0.39, 0.29) is 6.10 Å². The average molecular weight is 251 g/mol. The van der Waals surface area contributed by atoms with Gasteiger partial charge >= 0.3 is 0 Å². The lowest BCUT2D eigenvalue weighted by Crippen LogP contribution is -1.97. The minimum atomic E-state index is -0.351. The van der Waals surface area contributed by atoms with Crippen LogP contribution < -0.4 is 0 Å². The van der Waals surface area contributed by atoms with E-state index in [1.54, 1.807) is 22.7 Å². The molecule has 3 rings (SSSR count). The maximum Gasteiger partial charge on any atom is 0.0930 e. The number of nitrogens with zero attached hydrogens (tertiary/aromatic N) is 1. The summed E-state index contributed by atoms with van der Waals surface area (Å²) in [5.74, 6) is 0. The van der Waals surface area contributed by atoms with E-state index in [1.807, 2.05) is 11.7 Å². The van der Waals surface area contributed by atoms with Crippen LogP contribution in [0.25, 0.3) is 0 Å². The lowest BCUT2D eigenvalue weighted by Gasteiger charge is -2.06. The molecule has 2 aromatic heterocycles. The molecule has 16 heavy (non-hydrogen) atoms. The summed E-state index contributed by atoms with van der Waals surface area (Å²) in [7, 11) is 0. The van der Waals surface area contributed by atoms with Crippen LogP contribution in [0.2, 0.25) is 0 Å². The van der Waals surface area contributed by atoms with Crippen LogP contribution in [-0.2, 0) is 19.3 Å². The van der Waals surface area contributed by atoms with Gasteiger partial charge in [-0.05, 0) is 30.9 Å². The molecule has 4 heteroatoms. The Morgan fingerprint density at radius 2 is 2.38 bits per heavy atom. The molecule has 0 aliphatic heterocycles. The van der Waals surface area contributed by atoms with E-state index in [0.29, 0.717) is 6.42 Å². The van der Waals surface area contributed by atoms with Crippen molar-refractivity contribution in [2.75, 3.05) is 0 Å². The number of aromatic nitrogens is 1. The van der Waals surface area contributed by atoms with Crippen molar-refractivity contribution in [2.24, 2.45) is 0 Å². The number of aryl methyl sites for hydroxylation is 2. The smallest absolute Gasteiger partial charge is 0.0930 e. The summed E-state index contributed by atoms with van der Waals surface area (Å²) < 4.78 is 0. The summed E-state index contributed by atoms with van der Waals surface area (Å²) >= 11 is 3.40. The number of aliphatic hydroxyl groups is 1. The van der Waals surface area contributed by atoms with Crippen LogP contribution in [0.5, 0.6) is 0 Å². The van der Waals surface area contributed by atoms with Crippen molar-refractivity contribution in [3.05, 3.63) is 38.0 Å². The van der Waals surface area contributed by atoms with Crippen LogP contribution in [0.4, 0.5) is 0 Å². The number of thiazole rings is 1. The van der Waals surface area contributed by atoms with E-state index in [0.717, 1.165) is 9.75 Å². The van der Waals surface area contributed by atoms with Gasteiger partial charge in [0.2, 0.25) is 0 Å². The SMILES string of the molecule is OC(Cc1cncs1)c1cc2c(s1)CCC2. The summed E-state index contributed by atoms with van der Waals surface area (Å²) in [6.07, 6.45) is 5.87. The highest BCUT2D eigenvalue weighted by atomic mass is 32.1. The summed E-state index contributed by atoms with van der Waals surface area (Å²) in [5, 5.41) is 10.1. The maximum absolute atomic E-state index is 10.1. The first-order chi connectivity index (χ1) is 7.83. The highest BCUT2D eigenvalue weighted by Crippen LogP contribution is 2.34. The second-order valence-corrected chi connectivity index (χ2v) is 6.28. The molecule has 2 nitrogen and oxygen atoms in total. The first kappa shape index (κ1) is 10.4. The van der Waals surface area contributed by atoms with Gasteiger partial charge in [0.05, 0.1) is 11.6 Å². The van der Waals surface area contributed by atoms with E-state index >= 15 is 0 Å². The van der Waals surface area contributed by atoms with Crippen LogP contribution in [0.1, 0.15) is 32.7 Å².